The Balaban J connectivity index is 1.46. The van der Waals surface area contributed by atoms with Crippen LogP contribution in [0.5, 0.6) is 0 Å². The van der Waals surface area contributed by atoms with Crippen molar-refractivity contribution in [2.75, 3.05) is 18.0 Å². The number of pyridine rings is 1. The Morgan fingerprint density at radius 3 is 2.61 bits per heavy atom. The van der Waals surface area contributed by atoms with Gasteiger partial charge in [0.05, 0.1) is 41.8 Å². The molecule has 200 valence electrons. The van der Waals surface area contributed by atoms with Crippen molar-refractivity contribution >= 4 is 11.2 Å². The molecular formula is C28H32F2N6O2. The molecule has 0 amide bonds. The lowest BCUT2D eigenvalue weighted by Gasteiger charge is -2.40. The molecule has 1 aliphatic heterocycles. The highest BCUT2D eigenvalue weighted by atomic mass is 19.1. The van der Waals surface area contributed by atoms with E-state index >= 15 is 8.78 Å². The minimum Gasteiger partial charge on any atom is -0.391 e. The zero-order chi connectivity index (χ0) is 27.0. The summed E-state index contributed by atoms with van der Waals surface area (Å²) >= 11 is 0. The van der Waals surface area contributed by atoms with E-state index in [-0.39, 0.29) is 35.9 Å². The monoisotopic (exact) mass is 522 g/mol. The van der Waals surface area contributed by atoms with Crippen molar-refractivity contribution in [2.45, 2.75) is 52.0 Å². The van der Waals surface area contributed by atoms with E-state index in [0.717, 1.165) is 11.3 Å². The number of nitrogens with zero attached hydrogens (tertiary/aromatic N) is 5. The number of benzene rings is 1. The lowest BCUT2D eigenvalue weighted by atomic mass is 9.92. The standard InChI is InChI=1S/C28H32F2N6O2/c1-16(2)38-15-18-8-21(29)27(22(30)9-18)24-5-4-20-12-33-26(36(20)34-24)10-19-11-32-7-6-25(19)35-13-17(3)28(37)23(31)14-35/h4-9,11-12,16-17,23,28,37H,10,13-15,31H2,1-3H3/t17-,23+,28+/m0/s1. The maximum Gasteiger partial charge on any atom is 0.135 e. The highest BCUT2D eigenvalue weighted by Crippen LogP contribution is 2.29. The summed E-state index contributed by atoms with van der Waals surface area (Å²) in [6.07, 6.45) is 4.98. The third kappa shape index (κ3) is 5.24. The van der Waals surface area contributed by atoms with Gasteiger partial charge in [-0.25, -0.2) is 18.3 Å². The van der Waals surface area contributed by atoms with E-state index in [9.17, 15) is 5.11 Å². The highest BCUT2D eigenvalue weighted by Gasteiger charge is 2.31. The van der Waals surface area contributed by atoms with Crippen LogP contribution in [0.1, 0.15) is 37.7 Å². The minimum atomic E-state index is -0.701. The van der Waals surface area contributed by atoms with Crippen molar-refractivity contribution < 1.29 is 18.6 Å². The van der Waals surface area contributed by atoms with E-state index in [1.807, 2.05) is 26.8 Å². The average Bonchev–Trinajstić information content (AvgIpc) is 3.27. The Labute approximate surface area is 220 Å². The summed E-state index contributed by atoms with van der Waals surface area (Å²) in [5, 5.41) is 14.8. The molecule has 0 spiro atoms. The van der Waals surface area contributed by atoms with Gasteiger partial charge in [-0.2, -0.15) is 5.10 Å². The quantitative estimate of drug-likeness (QED) is 0.381. The number of fused-ring (bicyclic) bond motifs is 1. The number of anilines is 1. The molecule has 38 heavy (non-hydrogen) atoms. The molecule has 0 unspecified atom stereocenters. The Bertz CT molecular complexity index is 1410. The topological polar surface area (TPSA) is 102 Å². The summed E-state index contributed by atoms with van der Waals surface area (Å²) in [5.41, 5.74) is 9.15. The first-order valence-electron chi connectivity index (χ1n) is 12.8. The molecule has 10 heteroatoms. The molecule has 1 aliphatic rings. The predicted octanol–water partition coefficient (Wildman–Crippen LogP) is 3.73. The molecule has 3 aromatic heterocycles. The summed E-state index contributed by atoms with van der Waals surface area (Å²) < 4.78 is 37.2. The van der Waals surface area contributed by atoms with E-state index in [2.05, 4.69) is 20.0 Å². The number of ether oxygens (including phenoxy) is 1. The van der Waals surface area contributed by atoms with Gasteiger partial charge < -0.3 is 20.5 Å². The van der Waals surface area contributed by atoms with Crippen molar-refractivity contribution in [1.82, 2.24) is 19.6 Å². The molecule has 4 aromatic rings. The largest absolute Gasteiger partial charge is 0.391 e. The lowest BCUT2D eigenvalue weighted by molar-refractivity contribution is 0.0654. The van der Waals surface area contributed by atoms with E-state index in [1.54, 1.807) is 35.2 Å². The van der Waals surface area contributed by atoms with Crippen molar-refractivity contribution in [2.24, 2.45) is 11.7 Å². The van der Waals surface area contributed by atoms with Gasteiger partial charge in [0, 0.05) is 55.1 Å². The first-order valence-corrected chi connectivity index (χ1v) is 12.8. The van der Waals surface area contributed by atoms with E-state index in [4.69, 9.17) is 10.5 Å². The fourth-order valence-electron chi connectivity index (χ4n) is 4.95. The van der Waals surface area contributed by atoms with Crippen LogP contribution in [0.15, 0.2) is 48.9 Å². The van der Waals surface area contributed by atoms with E-state index in [0.29, 0.717) is 36.4 Å². The summed E-state index contributed by atoms with van der Waals surface area (Å²) in [5.74, 6) is -0.779. The average molecular weight is 523 g/mol. The van der Waals surface area contributed by atoms with Crippen LogP contribution < -0.4 is 10.6 Å². The second-order valence-corrected chi connectivity index (χ2v) is 10.2. The SMILES string of the molecule is CC(C)OCc1cc(F)c(-c2ccc3cnc(Cc4cnccc4N4C[C@@H](N)[C@H](O)[C@@H](C)C4)n3n2)c(F)c1. The van der Waals surface area contributed by atoms with Crippen LogP contribution in [0, 0.1) is 17.6 Å². The Kier molecular flexibility index (Phi) is 7.38. The zero-order valence-electron chi connectivity index (χ0n) is 21.7. The Morgan fingerprint density at radius 2 is 1.89 bits per heavy atom. The van der Waals surface area contributed by atoms with Crippen LogP contribution in [0.2, 0.25) is 0 Å². The summed E-state index contributed by atoms with van der Waals surface area (Å²) in [6, 6.07) is 7.46. The smallest absolute Gasteiger partial charge is 0.135 e. The van der Waals surface area contributed by atoms with Crippen LogP contribution in [0.25, 0.3) is 16.8 Å². The van der Waals surface area contributed by atoms with Gasteiger partial charge in [0.15, 0.2) is 0 Å². The van der Waals surface area contributed by atoms with Crippen molar-refractivity contribution in [3.63, 3.8) is 0 Å². The summed E-state index contributed by atoms with van der Waals surface area (Å²) in [7, 11) is 0. The van der Waals surface area contributed by atoms with Gasteiger partial charge in [0.1, 0.15) is 17.5 Å². The molecule has 8 nitrogen and oxygen atoms in total. The van der Waals surface area contributed by atoms with Crippen molar-refractivity contribution in [3.8, 4) is 11.3 Å². The van der Waals surface area contributed by atoms with Gasteiger partial charge in [0.25, 0.3) is 0 Å². The van der Waals surface area contributed by atoms with Gasteiger partial charge in [-0.15, -0.1) is 0 Å². The number of aliphatic hydroxyl groups is 1. The molecule has 0 saturated carbocycles. The molecule has 1 aromatic carbocycles. The first kappa shape index (κ1) is 26.1. The Morgan fingerprint density at radius 1 is 1.13 bits per heavy atom. The molecule has 3 N–H and O–H groups in total. The predicted molar refractivity (Wildman–Crippen MR) is 141 cm³/mol. The number of halogens is 2. The summed E-state index contributed by atoms with van der Waals surface area (Å²) in [4.78, 5) is 11.0. The van der Waals surface area contributed by atoms with Crippen LogP contribution >= 0.6 is 0 Å². The molecule has 1 fully saturated rings. The number of imidazole rings is 1. The summed E-state index contributed by atoms with van der Waals surface area (Å²) in [6.45, 7) is 7.01. The lowest BCUT2D eigenvalue weighted by Crippen LogP contribution is -2.55. The Hall–Kier alpha value is -3.47. The molecule has 1 saturated heterocycles. The fraction of sp³-hybridized carbons (Fsp3) is 0.393. The van der Waals surface area contributed by atoms with Crippen LogP contribution in [-0.4, -0.2) is 56.0 Å². The number of hydrogen-bond acceptors (Lipinski definition) is 7. The fourth-order valence-corrected chi connectivity index (χ4v) is 4.95. The molecule has 0 radical (unpaired) electrons. The van der Waals surface area contributed by atoms with Gasteiger partial charge in [-0.3, -0.25) is 4.98 Å². The van der Waals surface area contributed by atoms with Gasteiger partial charge >= 0.3 is 0 Å². The minimum absolute atomic E-state index is 0.0179. The number of aromatic nitrogens is 4. The normalized spacial score (nSPS) is 20.0. The maximum atomic E-state index is 15.0. The number of nitrogens with two attached hydrogens (primary N) is 1. The second kappa shape index (κ2) is 10.7. The molecule has 0 aliphatic carbocycles. The second-order valence-electron chi connectivity index (χ2n) is 10.2. The molecule has 5 rings (SSSR count). The number of hydrogen-bond donors (Lipinski definition) is 2. The van der Waals surface area contributed by atoms with Crippen molar-refractivity contribution in [3.05, 3.63) is 77.5 Å². The third-order valence-corrected chi connectivity index (χ3v) is 6.92. The third-order valence-electron chi connectivity index (χ3n) is 6.92. The molecule has 4 heterocycles. The number of aliphatic hydroxyl groups excluding tert-OH is 1. The van der Waals surface area contributed by atoms with Crippen molar-refractivity contribution in [1.29, 1.82) is 0 Å². The first-order chi connectivity index (χ1) is 18.2. The number of piperidine rings is 1. The maximum absolute atomic E-state index is 15.0. The zero-order valence-corrected chi connectivity index (χ0v) is 21.7. The molecule has 0 bridgehead atoms. The van der Waals surface area contributed by atoms with Gasteiger partial charge in [-0.1, -0.05) is 6.92 Å². The van der Waals surface area contributed by atoms with Gasteiger partial charge in [-0.05, 0) is 49.7 Å². The van der Waals surface area contributed by atoms with Gasteiger partial charge in [0.2, 0.25) is 0 Å². The molecule has 3 atom stereocenters. The highest BCUT2D eigenvalue weighted by molar-refractivity contribution is 5.63. The van der Waals surface area contributed by atoms with Crippen LogP contribution in [0.3, 0.4) is 0 Å². The van der Waals surface area contributed by atoms with Crippen LogP contribution in [0.4, 0.5) is 14.5 Å². The number of rotatable bonds is 7. The van der Waals surface area contributed by atoms with E-state index in [1.165, 1.54) is 12.1 Å². The molecular weight excluding hydrogens is 490 g/mol. The van der Waals surface area contributed by atoms with Crippen LogP contribution in [-0.2, 0) is 17.8 Å². The van der Waals surface area contributed by atoms with E-state index < -0.39 is 17.7 Å².